The molecule has 120 valence electrons. The van der Waals surface area contributed by atoms with Crippen LogP contribution in [0.5, 0.6) is 0 Å². The summed E-state index contributed by atoms with van der Waals surface area (Å²) in [6.45, 7) is 3.84. The number of halogens is 4. The Morgan fingerprint density at radius 2 is 2.05 bits per heavy atom. The molecule has 0 aromatic carbocycles. The molecule has 1 amide bonds. The van der Waals surface area contributed by atoms with Crippen LogP contribution in [0.3, 0.4) is 0 Å². The maximum Gasteiger partial charge on any atom is 0.435 e. The molecule has 0 unspecified atom stereocenters. The molecule has 2 rings (SSSR count). The molecule has 5 nitrogen and oxygen atoms in total. The van der Waals surface area contributed by atoms with Crippen LogP contribution in [0.1, 0.15) is 30.0 Å². The molecule has 0 fully saturated rings. The van der Waals surface area contributed by atoms with E-state index in [0.29, 0.717) is 11.6 Å². The van der Waals surface area contributed by atoms with Crippen LogP contribution in [-0.2, 0) is 19.3 Å². The topological polar surface area (TPSA) is 51.9 Å². The molecule has 0 aliphatic rings. The molecule has 0 bridgehead atoms. The average molecular weight is 335 g/mol. The van der Waals surface area contributed by atoms with Crippen LogP contribution in [0.4, 0.5) is 18.9 Å². The Hall–Kier alpha value is -1.96. The molecule has 9 heteroatoms. The Morgan fingerprint density at radius 3 is 2.59 bits per heavy atom. The molecule has 0 spiro atoms. The zero-order valence-corrected chi connectivity index (χ0v) is 12.7. The van der Waals surface area contributed by atoms with Crippen molar-refractivity contribution in [2.24, 2.45) is 0 Å². The number of alkyl halides is 3. The highest BCUT2D eigenvalue weighted by atomic mass is 35.5. The molecule has 2 aromatic heterocycles. The van der Waals surface area contributed by atoms with Gasteiger partial charge in [0.2, 0.25) is 0 Å². The first-order valence-corrected chi connectivity index (χ1v) is 6.95. The Labute approximate surface area is 129 Å². The van der Waals surface area contributed by atoms with Gasteiger partial charge in [-0.2, -0.15) is 18.3 Å². The molecule has 0 saturated heterocycles. The largest absolute Gasteiger partial charge is 0.435 e. The molecule has 0 atom stereocenters. The lowest BCUT2D eigenvalue weighted by molar-refractivity contribution is -0.143. The van der Waals surface area contributed by atoms with Crippen molar-refractivity contribution in [1.29, 1.82) is 0 Å². The van der Waals surface area contributed by atoms with Crippen LogP contribution >= 0.6 is 11.6 Å². The first-order chi connectivity index (χ1) is 10.3. The predicted molar refractivity (Wildman–Crippen MR) is 76.0 cm³/mol. The fourth-order valence-electron chi connectivity index (χ4n) is 2.13. The normalized spacial score (nSPS) is 11.7. The van der Waals surface area contributed by atoms with E-state index in [2.05, 4.69) is 10.4 Å². The maximum atomic E-state index is 13.1. The van der Waals surface area contributed by atoms with Crippen molar-refractivity contribution in [3.05, 3.63) is 34.9 Å². The van der Waals surface area contributed by atoms with Crippen LogP contribution in [0, 0.1) is 0 Å². The van der Waals surface area contributed by atoms with Gasteiger partial charge in [0.15, 0.2) is 5.69 Å². The number of aromatic nitrogens is 3. The lowest BCUT2D eigenvalue weighted by Gasteiger charge is -2.12. The second kappa shape index (κ2) is 6.04. The van der Waals surface area contributed by atoms with Gasteiger partial charge in [-0.25, -0.2) is 0 Å². The second-order valence-corrected chi connectivity index (χ2v) is 4.94. The van der Waals surface area contributed by atoms with Crippen molar-refractivity contribution < 1.29 is 18.0 Å². The summed E-state index contributed by atoms with van der Waals surface area (Å²) in [5.41, 5.74) is -1.17. The Morgan fingerprint density at radius 1 is 1.36 bits per heavy atom. The predicted octanol–water partition coefficient (Wildman–Crippen LogP) is 3.65. The molecular formula is C13H14ClF3N4O. The fraction of sp³-hybridized carbons (Fsp3) is 0.385. The third-order valence-electron chi connectivity index (χ3n) is 3.09. The molecular weight excluding hydrogens is 321 g/mol. The quantitative estimate of drug-likeness (QED) is 0.928. The van der Waals surface area contributed by atoms with Crippen LogP contribution in [0.2, 0.25) is 5.02 Å². The number of nitrogens with zero attached hydrogens (tertiary/aromatic N) is 3. The summed E-state index contributed by atoms with van der Waals surface area (Å²) in [6, 6.07) is 1.40. The Bertz CT molecular complexity index is 690. The molecule has 1 N–H and O–H groups in total. The van der Waals surface area contributed by atoms with Gasteiger partial charge in [-0.1, -0.05) is 11.6 Å². The van der Waals surface area contributed by atoms with Gasteiger partial charge in [-0.15, -0.1) is 0 Å². The number of aryl methyl sites for hydroxylation is 2. The number of carbonyl (C=O) groups is 1. The lowest BCUT2D eigenvalue weighted by atomic mass is 10.3. The first-order valence-electron chi connectivity index (χ1n) is 6.58. The molecule has 0 radical (unpaired) electrons. The minimum atomic E-state index is -4.61. The minimum absolute atomic E-state index is 0.0435. The summed E-state index contributed by atoms with van der Waals surface area (Å²) in [5.74, 6) is -0.671. The van der Waals surface area contributed by atoms with Crippen molar-refractivity contribution in [2.45, 2.75) is 33.1 Å². The Kier molecular flexibility index (Phi) is 4.50. The van der Waals surface area contributed by atoms with E-state index in [1.54, 1.807) is 11.5 Å². The van der Waals surface area contributed by atoms with Gasteiger partial charge in [0.1, 0.15) is 5.69 Å². The smallest absolute Gasteiger partial charge is 0.342 e. The number of anilines is 1. The highest BCUT2D eigenvalue weighted by molar-refractivity contribution is 6.31. The van der Waals surface area contributed by atoms with Crippen LogP contribution in [-0.4, -0.2) is 20.3 Å². The van der Waals surface area contributed by atoms with Gasteiger partial charge in [0.25, 0.3) is 5.91 Å². The summed E-state index contributed by atoms with van der Waals surface area (Å²) < 4.78 is 41.6. The summed E-state index contributed by atoms with van der Waals surface area (Å²) >= 11 is 5.82. The van der Waals surface area contributed by atoms with E-state index < -0.39 is 17.8 Å². The maximum absolute atomic E-state index is 13.1. The van der Waals surface area contributed by atoms with E-state index in [-0.39, 0.29) is 17.9 Å². The fourth-order valence-corrected chi connectivity index (χ4v) is 2.35. The van der Waals surface area contributed by atoms with Crippen LogP contribution < -0.4 is 5.32 Å². The average Bonchev–Trinajstić information content (AvgIpc) is 3.01. The van der Waals surface area contributed by atoms with E-state index in [1.165, 1.54) is 19.2 Å². The number of hydrogen-bond donors (Lipinski definition) is 1. The summed E-state index contributed by atoms with van der Waals surface area (Å²) in [7, 11) is 0. The minimum Gasteiger partial charge on any atom is -0.342 e. The molecule has 0 aliphatic heterocycles. The number of hydrogen-bond acceptors (Lipinski definition) is 2. The van der Waals surface area contributed by atoms with E-state index in [4.69, 9.17) is 11.6 Å². The van der Waals surface area contributed by atoms with E-state index in [9.17, 15) is 18.0 Å². The zero-order chi connectivity index (χ0) is 16.5. The van der Waals surface area contributed by atoms with Crippen molar-refractivity contribution in [3.63, 3.8) is 0 Å². The number of amides is 1. The lowest BCUT2D eigenvalue weighted by Crippen LogP contribution is -2.20. The standard InChI is InChI=1S/C13H14ClF3N4O/c1-3-20-7-8(14)5-10(20)12(22)19-9-6-18-21(4-2)11(9)13(15,16)17/h5-7H,3-4H2,1-2H3,(H,19,22). The number of carbonyl (C=O) groups excluding carboxylic acids is 1. The van der Waals surface area contributed by atoms with Crippen LogP contribution in [0.15, 0.2) is 18.5 Å². The van der Waals surface area contributed by atoms with Gasteiger partial charge in [0, 0.05) is 19.3 Å². The third-order valence-corrected chi connectivity index (χ3v) is 3.30. The van der Waals surface area contributed by atoms with Crippen molar-refractivity contribution >= 4 is 23.2 Å². The summed E-state index contributed by atoms with van der Waals surface area (Å²) in [4.78, 5) is 12.2. The molecule has 22 heavy (non-hydrogen) atoms. The van der Waals surface area contributed by atoms with Gasteiger partial charge >= 0.3 is 6.18 Å². The highest BCUT2D eigenvalue weighted by Gasteiger charge is 2.38. The SMILES string of the molecule is CCn1cc(Cl)cc1C(=O)Nc1cnn(CC)c1C(F)(F)F. The molecule has 0 aliphatic carbocycles. The first kappa shape index (κ1) is 16.4. The van der Waals surface area contributed by atoms with Gasteiger partial charge in [0.05, 0.1) is 16.9 Å². The van der Waals surface area contributed by atoms with Crippen molar-refractivity contribution in [1.82, 2.24) is 14.3 Å². The number of nitrogens with one attached hydrogen (secondary N) is 1. The highest BCUT2D eigenvalue weighted by Crippen LogP contribution is 2.35. The van der Waals surface area contributed by atoms with Gasteiger partial charge in [-0.05, 0) is 19.9 Å². The zero-order valence-electron chi connectivity index (χ0n) is 11.9. The van der Waals surface area contributed by atoms with Crippen molar-refractivity contribution in [3.8, 4) is 0 Å². The van der Waals surface area contributed by atoms with Gasteiger partial charge < -0.3 is 9.88 Å². The Balaban J connectivity index is 2.35. The molecule has 2 heterocycles. The molecule has 0 saturated carbocycles. The second-order valence-electron chi connectivity index (χ2n) is 4.50. The summed E-state index contributed by atoms with van der Waals surface area (Å²) in [6.07, 6.45) is -2.08. The van der Waals surface area contributed by atoms with Gasteiger partial charge in [-0.3, -0.25) is 9.48 Å². The van der Waals surface area contributed by atoms with E-state index in [1.807, 2.05) is 0 Å². The summed E-state index contributed by atoms with van der Waals surface area (Å²) in [5, 5.41) is 6.24. The molecule has 2 aromatic rings. The third kappa shape index (κ3) is 3.11. The van der Waals surface area contributed by atoms with Crippen molar-refractivity contribution in [2.75, 3.05) is 5.32 Å². The van der Waals surface area contributed by atoms with Crippen LogP contribution in [0.25, 0.3) is 0 Å². The van der Waals surface area contributed by atoms with E-state index >= 15 is 0 Å². The van der Waals surface area contributed by atoms with E-state index in [0.717, 1.165) is 10.9 Å². The monoisotopic (exact) mass is 334 g/mol. The number of rotatable bonds is 4.